The van der Waals surface area contributed by atoms with Crippen LogP contribution in [0.3, 0.4) is 0 Å². The highest BCUT2D eigenvalue weighted by Crippen LogP contribution is 2.36. The molecule has 1 aromatic carbocycles. The van der Waals surface area contributed by atoms with Crippen molar-refractivity contribution in [2.75, 3.05) is 34.2 Å². The Balaban J connectivity index is 1.92. The molecule has 1 N–H and O–H groups in total. The molecule has 4 heteroatoms. The van der Waals surface area contributed by atoms with E-state index in [9.17, 15) is 5.11 Å². The molecule has 1 aliphatic rings. The third-order valence-electron chi connectivity index (χ3n) is 4.71. The van der Waals surface area contributed by atoms with Crippen molar-refractivity contribution in [3.8, 4) is 6.07 Å². The quantitative estimate of drug-likeness (QED) is 0.869. The van der Waals surface area contributed by atoms with Crippen molar-refractivity contribution in [2.45, 2.75) is 30.9 Å². The van der Waals surface area contributed by atoms with Gasteiger partial charge in [-0.15, -0.1) is 0 Å². The average molecular weight is 287 g/mol. The first kappa shape index (κ1) is 16.0. The monoisotopic (exact) mass is 287 g/mol. The second kappa shape index (κ2) is 6.57. The first-order valence-electron chi connectivity index (χ1n) is 7.51. The van der Waals surface area contributed by atoms with Gasteiger partial charge in [0, 0.05) is 18.6 Å². The van der Waals surface area contributed by atoms with Gasteiger partial charge in [0.2, 0.25) is 0 Å². The lowest BCUT2D eigenvalue weighted by atomic mass is 9.75. The predicted octanol–water partition coefficient (Wildman–Crippen LogP) is 2.01. The summed E-state index contributed by atoms with van der Waals surface area (Å²) in [6.45, 7) is 1.59. The SMILES string of the molecule is CN(CC(O)c1ccc(C#N)cc1)CC1(N(C)C)CCC1. The Morgan fingerprint density at radius 3 is 2.29 bits per heavy atom. The van der Waals surface area contributed by atoms with Crippen LogP contribution in [-0.4, -0.2) is 54.7 Å². The minimum atomic E-state index is -0.512. The van der Waals surface area contributed by atoms with Crippen LogP contribution in [-0.2, 0) is 0 Å². The first-order valence-corrected chi connectivity index (χ1v) is 7.51. The minimum absolute atomic E-state index is 0.277. The molecule has 1 saturated carbocycles. The lowest BCUT2D eigenvalue weighted by molar-refractivity contribution is 0.0147. The fourth-order valence-electron chi connectivity index (χ4n) is 3.08. The summed E-state index contributed by atoms with van der Waals surface area (Å²) in [5, 5.41) is 19.1. The molecular formula is C17H25N3O. The van der Waals surface area contributed by atoms with Gasteiger partial charge in [-0.1, -0.05) is 12.1 Å². The van der Waals surface area contributed by atoms with E-state index < -0.39 is 6.10 Å². The van der Waals surface area contributed by atoms with Crippen LogP contribution >= 0.6 is 0 Å². The van der Waals surface area contributed by atoms with Crippen molar-refractivity contribution >= 4 is 0 Å². The van der Waals surface area contributed by atoms with Crippen molar-refractivity contribution in [2.24, 2.45) is 0 Å². The summed E-state index contributed by atoms with van der Waals surface area (Å²) in [5.41, 5.74) is 1.77. The van der Waals surface area contributed by atoms with Gasteiger partial charge in [0.15, 0.2) is 0 Å². The fraction of sp³-hybridized carbons (Fsp3) is 0.588. The minimum Gasteiger partial charge on any atom is -0.387 e. The van der Waals surface area contributed by atoms with Crippen LogP contribution in [0.1, 0.15) is 36.5 Å². The highest BCUT2D eigenvalue weighted by molar-refractivity contribution is 5.32. The van der Waals surface area contributed by atoms with E-state index in [-0.39, 0.29) is 5.54 Å². The van der Waals surface area contributed by atoms with Crippen molar-refractivity contribution < 1.29 is 5.11 Å². The summed E-state index contributed by atoms with van der Waals surface area (Å²) in [6.07, 6.45) is 3.25. The number of nitriles is 1. The van der Waals surface area contributed by atoms with Crippen molar-refractivity contribution in [1.82, 2.24) is 9.80 Å². The normalized spacial score (nSPS) is 18.3. The molecular weight excluding hydrogens is 262 g/mol. The molecule has 114 valence electrons. The number of benzene rings is 1. The number of hydrogen-bond acceptors (Lipinski definition) is 4. The standard InChI is InChI=1S/C17H25N3O/c1-19(2)17(9-4-10-17)13-20(3)12-16(21)15-7-5-14(11-18)6-8-15/h5-8,16,21H,4,9-10,12-13H2,1-3H3. The Hall–Kier alpha value is -1.41. The lowest BCUT2D eigenvalue weighted by Crippen LogP contribution is -2.57. The largest absolute Gasteiger partial charge is 0.387 e. The van der Waals surface area contributed by atoms with E-state index in [1.807, 2.05) is 12.1 Å². The van der Waals surface area contributed by atoms with Crippen LogP contribution in [0.15, 0.2) is 24.3 Å². The predicted molar refractivity (Wildman–Crippen MR) is 83.9 cm³/mol. The number of aliphatic hydroxyl groups is 1. The summed E-state index contributed by atoms with van der Waals surface area (Å²) in [6, 6.07) is 9.28. The van der Waals surface area contributed by atoms with Gasteiger partial charge >= 0.3 is 0 Å². The molecule has 0 bridgehead atoms. The van der Waals surface area contributed by atoms with E-state index in [4.69, 9.17) is 5.26 Å². The zero-order chi connectivity index (χ0) is 15.5. The molecule has 1 aromatic rings. The van der Waals surface area contributed by atoms with E-state index in [1.165, 1.54) is 19.3 Å². The summed E-state index contributed by atoms with van der Waals surface area (Å²) in [4.78, 5) is 4.53. The maximum atomic E-state index is 10.3. The molecule has 1 aliphatic carbocycles. The number of hydrogen-bond donors (Lipinski definition) is 1. The van der Waals surface area contributed by atoms with Gasteiger partial charge in [0.05, 0.1) is 17.7 Å². The van der Waals surface area contributed by atoms with Crippen molar-refractivity contribution in [3.63, 3.8) is 0 Å². The van der Waals surface area contributed by atoms with Gasteiger partial charge < -0.3 is 14.9 Å². The van der Waals surface area contributed by atoms with Crippen LogP contribution < -0.4 is 0 Å². The summed E-state index contributed by atoms with van der Waals surface area (Å²) in [7, 11) is 6.35. The molecule has 0 radical (unpaired) electrons. The van der Waals surface area contributed by atoms with Gasteiger partial charge in [-0.25, -0.2) is 0 Å². The zero-order valence-corrected chi connectivity index (χ0v) is 13.2. The molecule has 0 aliphatic heterocycles. The lowest BCUT2D eigenvalue weighted by Gasteiger charge is -2.49. The Kier molecular flexibility index (Phi) is 5.00. The Morgan fingerprint density at radius 1 is 1.24 bits per heavy atom. The molecule has 0 spiro atoms. The van der Waals surface area contributed by atoms with Crippen LogP contribution in [0.2, 0.25) is 0 Å². The zero-order valence-electron chi connectivity index (χ0n) is 13.2. The van der Waals surface area contributed by atoms with E-state index in [0.717, 1.165) is 12.1 Å². The topological polar surface area (TPSA) is 50.5 Å². The molecule has 1 fully saturated rings. The highest BCUT2D eigenvalue weighted by atomic mass is 16.3. The molecule has 0 aromatic heterocycles. The number of aliphatic hydroxyl groups excluding tert-OH is 1. The van der Waals surface area contributed by atoms with Gasteiger partial charge in [0.1, 0.15) is 0 Å². The Labute approximate surface area is 127 Å². The number of rotatable bonds is 6. The van der Waals surface area contributed by atoms with Gasteiger partial charge in [0.25, 0.3) is 0 Å². The van der Waals surface area contributed by atoms with Crippen molar-refractivity contribution in [3.05, 3.63) is 35.4 Å². The second-order valence-electron chi connectivity index (χ2n) is 6.42. The van der Waals surface area contributed by atoms with E-state index >= 15 is 0 Å². The molecule has 0 amide bonds. The third kappa shape index (κ3) is 3.62. The molecule has 1 unspecified atom stereocenters. The highest BCUT2D eigenvalue weighted by Gasteiger charge is 2.39. The molecule has 1 atom stereocenters. The third-order valence-corrected chi connectivity index (χ3v) is 4.71. The average Bonchev–Trinajstić information content (AvgIpc) is 2.42. The van der Waals surface area contributed by atoms with E-state index in [0.29, 0.717) is 12.1 Å². The van der Waals surface area contributed by atoms with Crippen LogP contribution in [0.25, 0.3) is 0 Å². The Bertz CT molecular complexity index is 500. The second-order valence-corrected chi connectivity index (χ2v) is 6.42. The summed E-state index contributed by atoms with van der Waals surface area (Å²) < 4.78 is 0. The van der Waals surface area contributed by atoms with E-state index in [1.54, 1.807) is 12.1 Å². The first-order chi connectivity index (χ1) is 9.97. The maximum absolute atomic E-state index is 10.3. The smallest absolute Gasteiger partial charge is 0.0991 e. The van der Waals surface area contributed by atoms with Crippen LogP contribution in [0.5, 0.6) is 0 Å². The van der Waals surface area contributed by atoms with Crippen LogP contribution in [0.4, 0.5) is 0 Å². The molecule has 0 heterocycles. The molecule has 0 saturated heterocycles. The number of nitrogens with zero attached hydrogens (tertiary/aromatic N) is 3. The summed E-state index contributed by atoms with van der Waals surface area (Å²) in [5.74, 6) is 0. The summed E-state index contributed by atoms with van der Waals surface area (Å²) >= 11 is 0. The molecule has 21 heavy (non-hydrogen) atoms. The molecule has 2 rings (SSSR count). The molecule has 4 nitrogen and oxygen atoms in total. The van der Waals surface area contributed by atoms with Gasteiger partial charge in [-0.3, -0.25) is 0 Å². The maximum Gasteiger partial charge on any atom is 0.0991 e. The van der Waals surface area contributed by atoms with Gasteiger partial charge in [-0.05, 0) is 58.1 Å². The number of likely N-dealkylation sites (N-methyl/N-ethyl adjacent to an activating group) is 2. The fourth-order valence-corrected chi connectivity index (χ4v) is 3.08. The Morgan fingerprint density at radius 2 is 1.86 bits per heavy atom. The van der Waals surface area contributed by atoms with Gasteiger partial charge in [-0.2, -0.15) is 5.26 Å². The van der Waals surface area contributed by atoms with Crippen LogP contribution in [0, 0.1) is 11.3 Å². The van der Waals surface area contributed by atoms with E-state index in [2.05, 4.69) is 37.0 Å². The van der Waals surface area contributed by atoms with Crippen molar-refractivity contribution in [1.29, 1.82) is 5.26 Å².